The Balaban J connectivity index is 1.87. The van der Waals surface area contributed by atoms with Crippen molar-refractivity contribution in [3.8, 4) is 0 Å². The first-order valence-electron chi connectivity index (χ1n) is 5.45. The van der Waals surface area contributed by atoms with E-state index in [9.17, 15) is 0 Å². The number of rotatable bonds is 3. The van der Waals surface area contributed by atoms with Gasteiger partial charge in [0.15, 0.2) is 5.65 Å². The molecule has 0 saturated carbocycles. The molecule has 3 aromatic rings. The third-order valence-electron chi connectivity index (χ3n) is 2.78. The fraction of sp³-hybridized carbons (Fsp3) is 0.182. The third kappa shape index (κ3) is 1.86. The van der Waals surface area contributed by atoms with Gasteiger partial charge in [-0.3, -0.25) is 9.08 Å². The van der Waals surface area contributed by atoms with Crippen molar-refractivity contribution in [1.82, 2.24) is 24.4 Å². The van der Waals surface area contributed by atoms with Crippen LogP contribution in [0.1, 0.15) is 5.69 Å². The molecule has 7 heteroatoms. The lowest BCUT2D eigenvalue weighted by molar-refractivity contribution is 0.718. The first-order chi connectivity index (χ1) is 8.75. The van der Waals surface area contributed by atoms with Gasteiger partial charge in [0.2, 0.25) is 0 Å². The van der Waals surface area contributed by atoms with E-state index in [0.29, 0.717) is 6.54 Å². The normalized spacial score (nSPS) is 11.0. The molecule has 3 aromatic heterocycles. The maximum Gasteiger partial charge on any atom is 0.162 e. The molecule has 6 nitrogen and oxygen atoms in total. The molecule has 0 atom stereocenters. The van der Waals surface area contributed by atoms with Crippen LogP contribution in [0, 0.1) is 0 Å². The van der Waals surface area contributed by atoms with Crippen molar-refractivity contribution in [2.45, 2.75) is 6.54 Å². The fourth-order valence-corrected chi connectivity index (χ4v) is 2.29. The number of aromatic nitrogens is 5. The number of nitrogens with one attached hydrogen (secondary N) is 1. The summed E-state index contributed by atoms with van der Waals surface area (Å²) in [5.74, 6) is 0.950. The average Bonchev–Trinajstić information content (AvgIpc) is 2.95. The first kappa shape index (κ1) is 11.2. The van der Waals surface area contributed by atoms with E-state index in [2.05, 4.69) is 36.5 Å². The molecule has 0 spiro atoms. The van der Waals surface area contributed by atoms with E-state index in [4.69, 9.17) is 0 Å². The lowest BCUT2D eigenvalue weighted by Gasteiger charge is -2.09. The van der Waals surface area contributed by atoms with Crippen LogP contribution >= 0.6 is 15.9 Å². The molecular weight excluding hydrogens is 296 g/mol. The maximum atomic E-state index is 4.18. The molecule has 0 fully saturated rings. The zero-order valence-electron chi connectivity index (χ0n) is 9.71. The van der Waals surface area contributed by atoms with Gasteiger partial charge in [-0.15, -0.1) is 10.2 Å². The number of nitrogens with zero attached hydrogens (tertiary/aromatic N) is 5. The lowest BCUT2D eigenvalue weighted by atomic mass is 10.4. The zero-order chi connectivity index (χ0) is 12.5. The van der Waals surface area contributed by atoms with E-state index in [1.165, 1.54) is 0 Å². The van der Waals surface area contributed by atoms with E-state index in [1.54, 1.807) is 12.5 Å². The van der Waals surface area contributed by atoms with Crippen molar-refractivity contribution in [2.24, 2.45) is 7.05 Å². The van der Waals surface area contributed by atoms with Crippen molar-refractivity contribution in [2.75, 3.05) is 5.32 Å². The quantitative estimate of drug-likeness (QED) is 0.802. The summed E-state index contributed by atoms with van der Waals surface area (Å²) < 4.78 is 4.74. The van der Waals surface area contributed by atoms with E-state index in [0.717, 1.165) is 21.6 Å². The number of aryl methyl sites for hydroxylation is 1. The lowest BCUT2D eigenvalue weighted by Crippen LogP contribution is -2.08. The molecule has 92 valence electrons. The summed E-state index contributed by atoms with van der Waals surface area (Å²) in [6.45, 7) is 0.675. The standard InChI is InChI=1S/C11H11BrN6/c1-17-9(8(12)5-15-17)6-13-10-3-2-4-11-16-14-7-18(10)11/h2-5,7,13H,6H2,1H3. The number of fused-ring (bicyclic) bond motifs is 1. The fourth-order valence-electron chi connectivity index (χ4n) is 1.80. The molecule has 0 unspecified atom stereocenters. The Bertz CT molecular complexity index is 666. The van der Waals surface area contributed by atoms with Crippen LogP contribution in [0.25, 0.3) is 5.65 Å². The minimum absolute atomic E-state index is 0.675. The molecule has 0 bridgehead atoms. The topological polar surface area (TPSA) is 60.0 Å². The molecule has 0 amide bonds. The number of anilines is 1. The van der Waals surface area contributed by atoms with Crippen LogP contribution in [-0.4, -0.2) is 24.4 Å². The summed E-state index contributed by atoms with van der Waals surface area (Å²) in [6.07, 6.45) is 3.48. The predicted octanol–water partition coefficient (Wildman–Crippen LogP) is 1.84. The highest BCUT2D eigenvalue weighted by Crippen LogP contribution is 2.17. The number of halogens is 1. The third-order valence-corrected chi connectivity index (χ3v) is 3.44. The Morgan fingerprint density at radius 3 is 3.06 bits per heavy atom. The highest BCUT2D eigenvalue weighted by Gasteiger charge is 2.06. The molecule has 0 aliphatic rings. The first-order valence-corrected chi connectivity index (χ1v) is 6.24. The molecule has 1 N–H and O–H groups in total. The molecule has 0 aromatic carbocycles. The molecule has 18 heavy (non-hydrogen) atoms. The highest BCUT2D eigenvalue weighted by molar-refractivity contribution is 9.10. The maximum absolute atomic E-state index is 4.18. The van der Waals surface area contributed by atoms with Gasteiger partial charge in [0, 0.05) is 7.05 Å². The van der Waals surface area contributed by atoms with Gasteiger partial charge in [-0.2, -0.15) is 5.10 Å². The average molecular weight is 307 g/mol. The van der Waals surface area contributed by atoms with Gasteiger partial charge in [-0.05, 0) is 28.1 Å². The summed E-state index contributed by atoms with van der Waals surface area (Å²) in [5.41, 5.74) is 1.91. The van der Waals surface area contributed by atoms with E-state index in [-0.39, 0.29) is 0 Å². The Labute approximate surface area is 112 Å². The zero-order valence-corrected chi connectivity index (χ0v) is 11.3. The van der Waals surface area contributed by atoms with E-state index < -0.39 is 0 Å². The van der Waals surface area contributed by atoms with Gasteiger partial charge in [0.25, 0.3) is 0 Å². The molecule has 0 aliphatic heterocycles. The summed E-state index contributed by atoms with van der Waals surface area (Å²) >= 11 is 3.48. The van der Waals surface area contributed by atoms with E-state index >= 15 is 0 Å². The Kier molecular flexibility index (Phi) is 2.75. The number of pyridine rings is 1. The van der Waals surface area contributed by atoms with Gasteiger partial charge in [0.05, 0.1) is 22.9 Å². The van der Waals surface area contributed by atoms with Crippen molar-refractivity contribution in [3.05, 3.63) is 40.9 Å². The predicted molar refractivity (Wildman–Crippen MR) is 71.2 cm³/mol. The molecule has 0 aliphatic carbocycles. The number of hydrogen-bond acceptors (Lipinski definition) is 4. The van der Waals surface area contributed by atoms with Gasteiger partial charge in [0.1, 0.15) is 12.1 Å². The Hall–Kier alpha value is -1.89. The van der Waals surface area contributed by atoms with Crippen molar-refractivity contribution >= 4 is 27.4 Å². The van der Waals surface area contributed by atoms with Crippen molar-refractivity contribution < 1.29 is 0 Å². The molecule has 3 rings (SSSR count). The van der Waals surface area contributed by atoms with E-state index in [1.807, 2.05) is 34.3 Å². The van der Waals surface area contributed by atoms with Gasteiger partial charge < -0.3 is 5.32 Å². The second-order valence-electron chi connectivity index (χ2n) is 3.89. The van der Waals surface area contributed by atoms with Crippen LogP contribution in [0.15, 0.2) is 35.2 Å². The van der Waals surface area contributed by atoms with Crippen LogP contribution in [0.2, 0.25) is 0 Å². The van der Waals surface area contributed by atoms with Crippen LogP contribution in [0.4, 0.5) is 5.82 Å². The largest absolute Gasteiger partial charge is 0.365 e. The van der Waals surface area contributed by atoms with Gasteiger partial charge >= 0.3 is 0 Å². The Morgan fingerprint density at radius 1 is 1.39 bits per heavy atom. The summed E-state index contributed by atoms with van der Waals surface area (Å²) in [6, 6.07) is 5.85. The number of hydrogen-bond donors (Lipinski definition) is 1. The SMILES string of the molecule is Cn1ncc(Br)c1CNc1cccc2nncn12. The molecule has 0 radical (unpaired) electrons. The Morgan fingerprint density at radius 2 is 2.28 bits per heavy atom. The molecular formula is C11H11BrN6. The van der Waals surface area contributed by atoms with Crippen molar-refractivity contribution in [3.63, 3.8) is 0 Å². The minimum Gasteiger partial charge on any atom is -0.365 e. The van der Waals surface area contributed by atoms with Crippen molar-refractivity contribution in [1.29, 1.82) is 0 Å². The van der Waals surface area contributed by atoms with Crippen LogP contribution in [0.5, 0.6) is 0 Å². The highest BCUT2D eigenvalue weighted by atomic mass is 79.9. The van der Waals surface area contributed by atoms with Gasteiger partial charge in [-0.25, -0.2) is 0 Å². The minimum atomic E-state index is 0.675. The monoisotopic (exact) mass is 306 g/mol. The summed E-state index contributed by atoms with van der Waals surface area (Å²) in [7, 11) is 1.92. The summed E-state index contributed by atoms with van der Waals surface area (Å²) in [5, 5.41) is 15.4. The smallest absolute Gasteiger partial charge is 0.162 e. The molecule has 3 heterocycles. The van der Waals surface area contributed by atoms with Crippen LogP contribution in [-0.2, 0) is 13.6 Å². The second-order valence-corrected chi connectivity index (χ2v) is 4.74. The van der Waals surface area contributed by atoms with Crippen LogP contribution in [0.3, 0.4) is 0 Å². The second kappa shape index (κ2) is 4.41. The molecule has 0 saturated heterocycles. The summed E-state index contributed by atoms with van der Waals surface area (Å²) in [4.78, 5) is 0. The van der Waals surface area contributed by atoms with Gasteiger partial charge in [-0.1, -0.05) is 6.07 Å². The van der Waals surface area contributed by atoms with Crippen LogP contribution < -0.4 is 5.32 Å².